The lowest BCUT2D eigenvalue weighted by molar-refractivity contribution is -0.131. The molecule has 6 nitrogen and oxygen atoms in total. The fourth-order valence-corrected chi connectivity index (χ4v) is 3.36. The molecule has 28 heavy (non-hydrogen) atoms. The maximum absolute atomic E-state index is 12.4. The van der Waals surface area contributed by atoms with Gasteiger partial charge in [0.2, 0.25) is 5.91 Å². The van der Waals surface area contributed by atoms with Gasteiger partial charge in [0, 0.05) is 45.2 Å². The molecule has 0 saturated carbocycles. The molecule has 2 aromatic carbocycles. The zero-order chi connectivity index (χ0) is 19.8. The lowest BCUT2D eigenvalue weighted by Gasteiger charge is -2.16. The van der Waals surface area contributed by atoms with E-state index in [1.165, 1.54) is 11.1 Å². The van der Waals surface area contributed by atoms with Crippen LogP contribution in [0.25, 0.3) is 0 Å². The van der Waals surface area contributed by atoms with Crippen molar-refractivity contribution < 1.29 is 9.53 Å². The first kappa shape index (κ1) is 19.7. The summed E-state index contributed by atoms with van der Waals surface area (Å²) in [5.41, 5.74) is 3.58. The first-order chi connectivity index (χ1) is 13.7. The monoisotopic (exact) mass is 380 g/mol. The van der Waals surface area contributed by atoms with E-state index in [-0.39, 0.29) is 5.91 Å². The number of amides is 1. The van der Waals surface area contributed by atoms with E-state index < -0.39 is 0 Å². The molecule has 1 heterocycles. The van der Waals surface area contributed by atoms with Crippen LogP contribution < -0.4 is 15.4 Å². The van der Waals surface area contributed by atoms with Gasteiger partial charge >= 0.3 is 0 Å². The molecule has 0 radical (unpaired) electrons. The molecule has 148 valence electrons. The zero-order valence-corrected chi connectivity index (χ0v) is 16.6. The minimum absolute atomic E-state index is 0.204. The number of carbonyl (C=O) groups is 1. The number of guanidine groups is 1. The van der Waals surface area contributed by atoms with Crippen molar-refractivity contribution in [2.45, 2.75) is 32.5 Å². The molecule has 0 unspecified atom stereocenters. The molecule has 0 fully saturated rings. The molecule has 6 heteroatoms. The minimum Gasteiger partial charge on any atom is -0.496 e. The van der Waals surface area contributed by atoms with Crippen LogP contribution in [0.2, 0.25) is 0 Å². The Labute approximate surface area is 166 Å². The van der Waals surface area contributed by atoms with E-state index in [9.17, 15) is 4.79 Å². The summed E-state index contributed by atoms with van der Waals surface area (Å²) in [6.45, 7) is 2.77. The minimum atomic E-state index is 0.204. The Morgan fingerprint density at radius 3 is 2.43 bits per heavy atom. The van der Waals surface area contributed by atoms with Crippen LogP contribution >= 0.6 is 0 Å². The van der Waals surface area contributed by atoms with Gasteiger partial charge in [-0.05, 0) is 23.6 Å². The van der Waals surface area contributed by atoms with E-state index in [2.05, 4.69) is 27.8 Å². The van der Waals surface area contributed by atoms with Crippen LogP contribution in [-0.2, 0) is 24.4 Å². The Kier molecular flexibility index (Phi) is 6.89. The van der Waals surface area contributed by atoms with E-state index in [1.54, 1.807) is 14.2 Å². The normalized spacial score (nSPS) is 13.2. The molecule has 0 saturated heterocycles. The average molecular weight is 380 g/mol. The summed E-state index contributed by atoms with van der Waals surface area (Å²) in [6.07, 6.45) is 1.30. The van der Waals surface area contributed by atoms with Gasteiger partial charge in [0.15, 0.2) is 5.96 Å². The molecular formula is C22H28N4O2. The highest BCUT2D eigenvalue weighted by Gasteiger charge is 2.22. The van der Waals surface area contributed by atoms with Crippen LogP contribution in [-0.4, -0.2) is 37.5 Å². The van der Waals surface area contributed by atoms with Gasteiger partial charge in [-0.3, -0.25) is 9.79 Å². The van der Waals surface area contributed by atoms with E-state index in [0.29, 0.717) is 25.5 Å². The fourth-order valence-electron chi connectivity index (χ4n) is 3.36. The molecule has 0 spiro atoms. The van der Waals surface area contributed by atoms with E-state index in [0.717, 1.165) is 30.8 Å². The van der Waals surface area contributed by atoms with Crippen LogP contribution in [0.3, 0.4) is 0 Å². The van der Waals surface area contributed by atoms with Crippen LogP contribution in [0.1, 0.15) is 29.5 Å². The van der Waals surface area contributed by atoms with Crippen molar-refractivity contribution in [1.29, 1.82) is 0 Å². The highest BCUT2D eigenvalue weighted by Crippen LogP contribution is 2.22. The molecule has 1 aliphatic heterocycles. The number of para-hydroxylation sites is 1. The molecule has 2 N–H and O–H groups in total. The third-order valence-corrected chi connectivity index (χ3v) is 4.92. The predicted octanol–water partition coefficient (Wildman–Crippen LogP) is 2.68. The van der Waals surface area contributed by atoms with Gasteiger partial charge in [-0.25, -0.2) is 0 Å². The van der Waals surface area contributed by atoms with Crippen LogP contribution in [0.15, 0.2) is 53.5 Å². The predicted molar refractivity (Wildman–Crippen MR) is 111 cm³/mol. The second kappa shape index (κ2) is 9.78. The maximum atomic E-state index is 12.4. The van der Waals surface area contributed by atoms with Crippen molar-refractivity contribution >= 4 is 11.9 Å². The number of fused-ring (bicyclic) bond motifs is 1. The van der Waals surface area contributed by atoms with Crippen molar-refractivity contribution in [2.75, 3.05) is 20.7 Å². The number of carbonyl (C=O) groups excluding carboxylic acids is 1. The molecule has 1 amide bonds. The van der Waals surface area contributed by atoms with Gasteiger partial charge in [-0.15, -0.1) is 0 Å². The van der Waals surface area contributed by atoms with Crippen molar-refractivity contribution in [3.63, 3.8) is 0 Å². The van der Waals surface area contributed by atoms with Gasteiger partial charge in [-0.2, -0.15) is 0 Å². The summed E-state index contributed by atoms with van der Waals surface area (Å²) in [7, 11) is 3.41. The van der Waals surface area contributed by atoms with Crippen molar-refractivity contribution in [1.82, 2.24) is 15.5 Å². The van der Waals surface area contributed by atoms with Gasteiger partial charge in [-0.1, -0.05) is 42.5 Å². The standard InChI is InChI=1S/C22H28N4O2/c1-23-22(25-14-17-8-5-6-11-20(17)28-2)24-13-7-12-21(27)26-15-18-9-3-4-10-19(18)16-26/h3-6,8-11H,7,12-16H2,1-2H3,(H2,23,24,25). The second-order valence-corrected chi connectivity index (χ2v) is 6.79. The maximum Gasteiger partial charge on any atom is 0.223 e. The Balaban J connectivity index is 1.37. The SMILES string of the molecule is CN=C(NCCCC(=O)N1Cc2ccccc2C1)NCc1ccccc1OC. The van der Waals surface area contributed by atoms with Crippen LogP contribution in [0.4, 0.5) is 0 Å². The van der Waals surface area contributed by atoms with E-state index >= 15 is 0 Å². The lowest BCUT2D eigenvalue weighted by atomic mass is 10.1. The summed E-state index contributed by atoms with van der Waals surface area (Å²) >= 11 is 0. The molecule has 0 bridgehead atoms. The smallest absolute Gasteiger partial charge is 0.223 e. The molecular weight excluding hydrogens is 352 g/mol. The Morgan fingerprint density at radius 1 is 1.07 bits per heavy atom. The highest BCUT2D eigenvalue weighted by molar-refractivity contribution is 5.80. The number of nitrogens with zero attached hydrogens (tertiary/aromatic N) is 2. The van der Waals surface area contributed by atoms with Crippen molar-refractivity contribution in [2.24, 2.45) is 4.99 Å². The Morgan fingerprint density at radius 2 is 1.75 bits per heavy atom. The summed E-state index contributed by atoms with van der Waals surface area (Å²) in [5.74, 6) is 1.77. The fraction of sp³-hybridized carbons (Fsp3) is 0.364. The quantitative estimate of drug-likeness (QED) is 0.440. The average Bonchev–Trinajstić information content (AvgIpc) is 3.17. The molecule has 2 aromatic rings. The topological polar surface area (TPSA) is 66.0 Å². The molecule has 3 rings (SSSR count). The van der Waals surface area contributed by atoms with Crippen LogP contribution in [0.5, 0.6) is 5.75 Å². The van der Waals surface area contributed by atoms with Gasteiger partial charge < -0.3 is 20.3 Å². The summed E-state index contributed by atoms with van der Waals surface area (Å²) in [5, 5.41) is 6.55. The number of aliphatic imine (C=N–C) groups is 1. The first-order valence-corrected chi connectivity index (χ1v) is 9.62. The molecule has 0 atom stereocenters. The number of hydrogen-bond acceptors (Lipinski definition) is 3. The number of rotatable bonds is 7. The van der Waals surface area contributed by atoms with E-state index in [1.807, 2.05) is 41.3 Å². The van der Waals surface area contributed by atoms with Crippen LogP contribution in [0, 0.1) is 0 Å². The largest absolute Gasteiger partial charge is 0.496 e. The van der Waals surface area contributed by atoms with Crippen molar-refractivity contribution in [3.05, 3.63) is 65.2 Å². The second-order valence-electron chi connectivity index (χ2n) is 6.79. The molecule has 0 aromatic heterocycles. The number of ether oxygens (including phenoxy) is 1. The molecule has 0 aliphatic carbocycles. The number of nitrogens with one attached hydrogen (secondary N) is 2. The van der Waals surface area contributed by atoms with Gasteiger partial charge in [0.1, 0.15) is 5.75 Å². The summed E-state index contributed by atoms with van der Waals surface area (Å²) < 4.78 is 5.37. The van der Waals surface area contributed by atoms with Crippen molar-refractivity contribution in [3.8, 4) is 5.75 Å². The summed E-state index contributed by atoms with van der Waals surface area (Å²) in [4.78, 5) is 18.6. The Hall–Kier alpha value is -3.02. The molecule has 1 aliphatic rings. The van der Waals surface area contributed by atoms with Gasteiger partial charge in [0.25, 0.3) is 0 Å². The highest BCUT2D eigenvalue weighted by atomic mass is 16.5. The number of hydrogen-bond donors (Lipinski definition) is 2. The first-order valence-electron chi connectivity index (χ1n) is 9.62. The van der Waals surface area contributed by atoms with E-state index in [4.69, 9.17) is 4.74 Å². The number of methoxy groups -OCH3 is 1. The lowest BCUT2D eigenvalue weighted by Crippen LogP contribution is -2.37. The third-order valence-electron chi connectivity index (χ3n) is 4.92. The zero-order valence-electron chi connectivity index (χ0n) is 16.6. The Bertz CT molecular complexity index is 810. The number of benzene rings is 2. The third kappa shape index (κ3) is 5.03. The summed E-state index contributed by atoms with van der Waals surface area (Å²) in [6, 6.07) is 16.1. The van der Waals surface area contributed by atoms with Gasteiger partial charge in [0.05, 0.1) is 7.11 Å².